The minimum absolute atomic E-state index is 0.249. The topological polar surface area (TPSA) is 37.3 Å². The van der Waals surface area contributed by atoms with Gasteiger partial charge in [0.05, 0.1) is 0 Å². The summed E-state index contributed by atoms with van der Waals surface area (Å²) in [6.07, 6.45) is 3.57. The van der Waals surface area contributed by atoms with Crippen molar-refractivity contribution >= 4 is 5.78 Å². The van der Waals surface area contributed by atoms with Crippen LogP contribution in [0.3, 0.4) is 0 Å². The number of benzene rings is 2. The highest BCUT2D eigenvalue weighted by Crippen LogP contribution is 2.19. The van der Waals surface area contributed by atoms with Crippen LogP contribution in [0.25, 0.3) is 0 Å². The van der Waals surface area contributed by atoms with Crippen molar-refractivity contribution in [1.29, 1.82) is 0 Å². The summed E-state index contributed by atoms with van der Waals surface area (Å²) in [6.45, 7) is 2.19. The third-order valence-corrected chi connectivity index (χ3v) is 3.67. The fourth-order valence-electron chi connectivity index (χ4n) is 2.36. The number of hydrogen-bond acceptors (Lipinski definition) is 2. The fraction of sp³-hybridized carbons (Fsp3) is 0.316. The van der Waals surface area contributed by atoms with Gasteiger partial charge in [-0.3, -0.25) is 4.79 Å². The van der Waals surface area contributed by atoms with Gasteiger partial charge >= 0.3 is 0 Å². The number of Topliss-reactive ketones (excluding diaryl/α,β-unsaturated/α-hetero) is 1. The van der Waals surface area contributed by atoms with Gasteiger partial charge in [-0.05, 0) is 24.0 Å². The first-order chi connectivity index (χ1) is 10.2. The van der Waals surface area contributed by atoms with Crippen LogP contribution >= 0.6 is 0 Å². The molecule has 21 heavy (non-hydrogen) atoms. The maximum absolute atomic E-state index is 12.3. The molecule has 2 heteroatoms. The van der Waals surface area contributed by atoms with Gasteiger partial charge in [-0.2, -0.15) is 0 Å². The van der Waals surface area contributed by atoms with E-state index >= 15 is 0 Å². The molecule has 110 valence electrons. The molecule has 0 saturated heterocycles. The summed E-state index contributed by atoms with van der Waals surface area (Å²) in [4.78, 5) is 12.3. The lowest BCUT2D eigenvalue weighted by Crippen LogP contribution is -2.12. The van der Waals surface area contributed by atoms with E-state index in [4.69, 9.17) is 0 Å². The van der Waals surface area contributed by atoms with E-state index in [1.165, 1.54) is 24.8 Å². The standard InChI is InChI=1S/C19H22O2/c1-2-3-5-8-15-11-13-17(14-12-15)19(21)18(20)16-9-6-4-7-10-16/h4,6-7,9-14,18,20H,2-3,5,8H2,1H3. The van der Waals surface area contributed by atoms with Crippen molar-refractivity contribution in [3.63, 3.8) is 0 Å². The van der Waals surface area contributed by atoms with E-state index < -0.39 is 6.10 Å². The predicted molar refractivity (Wildman–Crippen MR) is 85.4 cm³/mol. The zero-order chi connectivity index (χ0) is 15.1. The summed E-state index contributed by atoms with van der Waals surface area (Å²) >= 11 is 0. The number of unbranched alkanes of at least 4 members (excludes halogenated alkanes) is 2. The summed E-state index contributed by atoms with van der Waals surface area (Å²) in [5.41, 5.74) is 2.44. The van der Waals surface area contributed by atoms with E-state index in [1.807, 2.05) is 42.5 Å². The van der Waals surface area contributed by atoms with Gasteiger partial charge in [0, 0.05) is 5.56 Å². The number of aliphatic hydroxyl groups excluding tert-OH is 1. The molecule has 2 aromatic carbocycles. The Kier molecular flexibility index (Phi) is 5.70. The normalized spacial score (nSPS) is 12.1. The summed E-state index contributed by atoms with van der Waals surface area (Å²) in [6, 6.07) is 16.6. The third kappa shape index (κ3) is 4.27. The second kappa shape index (κ2) is 7.75. The molecule has 0 saturated carbocycles. The number of ketones is 1. The first-order valence-electron chi connectivity index (χ1n) is 7.58. The van der Waals surface area contributed by atoms with Gasteiger partial charge in [-0.25, -0.2) is 0 Å². The van der Waals surface area contributed by atoms with Crippen LogP contribution in [0, 0.1) is 0 Å². The summed E-state index contributed by atoms with van der Waals surface area (Å²) < 4.78 is 0. The Balaban J connectivity index is 2.03. The van der Waals surface area contributed by atoms with E-state index in [1.54, 1.807) is 12.1 Å². The largest absolute Gasteiger partial charge is 0.380 e. The van der Waals surface area contributed by atoms with Crippen LogP contribution in [0.1, 0.15) is 53.8 Å². The Morgan fingerprint density at radius 2 is 1.67 bits per heavy atom. The zero-order valence-electron chi connectivity index (χ0n) is 12.5. The molecule has 1 atom stereocenters. The molecule has 0 heterocycles. The van der Waals surface area contributed by atoms with Crippen LogP contribution in [0.2, 0.25) is 0 Å². The van der Waals surface area contributed by atoms with E-state index in [0.717, 1.165) is 6.42 Å². The molecule has 0 aliphatic heterocycles. The van der Waals surface area contributed by atoms with Crippen molar-refractivity contribution < 1.29 is 9.90 Å². The molecule has 0 aliphatic rings. The van der Waals surface area contributed by atoms with Crippen LogP contribution in [-0.4, -0.2) is 10.9 Å². The van der Waals surface area contributed by atoms with Gasteiger partial charge in [0.25, 0.3) is 0 Å². The number of carbonyl (C=O) groups excluding carboxylic acids is 1. The van der Waals surface area contributed by atoms with Crippen LogP contribution in [-0.2, 0) is 6.42 Å². The SMILES string of the molecule is CCCCCc1ccc(C(=O)C(O)c2ccccc2)cc1. The average Bonchev–Trinajstić information content (AvgIpc) is 2.55. The van der Waals surface area contributed by atoms with Crippen molar-refractivity contribution in [2.24, 2.45) is 0 Å². The Labute approximate surface area is 126 Å². The molecule has 1 N–H and O–H groups in total. The number of carbonyl (C=O) groups is 1. The summed E-state index contributed by atoms with van der Waals surface area (Å²) in [7, 11) is 0. The summed E-state index contributed by atoms with van der Waals surface area (Å²) in [5, 5.41) is 10.1. The Bertz CT molecular complexity index is 558. The van der Waals surface area contributed by atoms with Crippen LogP contribution in [0.15, 0.2) is 54.6 Å². The molecule has 1 unspecified atom stereocenters. The maximum Gasteiger partial charge on any atom is 0.195 e. The van der Waals surface area contributed by atoms with Crippen molar-refractivity contribution in [1.82, 2.24) is 0 Å². The van der Waals surface area contributed by atoms with Gasteiger partial charge in [-0.15, -0.1) is 0 Å². The molecule has 2 rings (SSSR count). The maximum atomic E-state index is 12.3. The Hall–Kier alpha value is -1.93. The molecule has 0 bridgehead atoms. The van der Waals surface area contributed by atoms with Gasteiger partial charge in [0.2, 0.25) is 0 Å². The number of aliphatic hydroxyl groups is 1. The Morgan fingerprint density at radius 1 is 1.00 bits per heavy atom. The third-order valence-electron chi connectivity index (χ3n) is 3.67. The van der Waals surface area contributed by atoms with E-state index in [2.05, 4.69) is 6.92 Å². The molecule has 0 amide bonds. The summed E-state index contributed by atoms with van der Waals surface area (Å²) in [5.74, 6) is -0.249. The fourth-order valence-corrected chi connectivity index (χ4v) is 2.36. The van der Waals surface area contributed by atoms with E-state index in [9.17, 15) is 9.90 Å². The van der Waals surface area contributed by atoms with Gasteiger partial charge < -0.3 is 5.11 Å². The lowest BCUT2D eigenvalue weighted by molar-refractivity contribution is 0.0747. The molecule has 0 aliphatic carbocycles. The molecule has 0 spiro atoms. The first kappa shape index (κ1) is 15.5. The van der Waals surface area contributed by atoms with Crippen molar-refractivity contribution in [2.75, 3.05) is 0 Å². The van der Waals surface area contributed by atoms with Crippen molar-refractivity contribution in [3.05, 3.63) is 71.3 Å². The highest BCUT2D eigenvalue weighted by molar-refractivity contribution is 5.99. The highest BCUT2D eigenvalue weighted by atomic mass is 16.3. The highest BCUT2D eigenvalue weighted by Gasteiger charge is 2.18. The molecule has 0 aromatic heterocycles. The van der Waals surface area contributed by atoms with Crippen molar-refractivity contribution in [3.8, 4) is 0 Å². The zero-order valence-corrected chi connectivity index (χ0v) is 12.5. The van der Waals surface area contributed by atoms with E-state index in [-0.39, 0.29) is 5.78 Å². The molecule has 2 aromatic rings. The lowest BCUT2D eigenvalue weighted by Gasteiger charge is -2.10. The second-order valence-electron chi connectivity index (χ2n) is 5.33. The predicted octanol–water partition coefficient (Wildman–Crippen LogP) is 4.34. The van der Waals surface area contributed by atoms with Crippen LogP contribution in [0.5, 0.6) is 0 Å². The monoisotopic (exact) mass is 282 g/mol. The van der Waals surface area contributed by atoms with Gasteiger partial charge in [0.15, 0.2) is 5.78 Å². The molecule has 0 radical (unpaired) electrons. The average molecular weight is 282 g/mol. The number of rotatable bonds is 7. The molecule has 0 fully saturated rings. The lowest BCUT2D eigenvalue weighted by atomic mass is 9.98. The van der Waals surface area contributed by atoms with Crippen LogP contribution < -0.4 is 0 Å². The minimum Gasteiger partial charge on any atom is -0.380 e. The first-order valence-corrected chi connectivity index (χ1v) is 7.58. The van der Waals surface area contributed by atoms with Gasteiger partial charge in [0.1, 0.15) is 6.10 Å². The molecular formula is C19H22O2. The number of aryl methyl sites for hydroxylation is 1. The molecule has 2 nitrogen and oxygen atoms in total. The van der Waals surface area contributed by atoms with Crippen molar-refractivity contribution in [2.45, 2.75) is 38.7 Å². The number of hydrogen-bond donors (Lipinski definition) is 1. The molecular weight excluding hydrogens is 260 g/mol. The Morgan fingerprint density at radius 3 is 2.29 bits per heavy atom. The minimum atomic E-state index is -1.09. The van der Waals surface area contributed by atoms with Gasteiger partial charge in [-0.1, -0.05) is 74.4 Å². The van der Waals surface area contributed by atoms with E-state index in [0.29, 0.717) is 11.1 Å². The van der Waals surface area contributed by atoms with Crippen LogP contribution in [0.4, 0.5) is 0 Å². The quantitative estimate of drug-likeness (QED) is 0.606. The smallest absolute Gasteiger partial charge is 0.195 e. The second-order valence-corrected chi connectivity index (χ2v) is 5.33.